The highest BCUT2D eigenvalue weighted by Gasteiger charge is 2.54. The minimum Gasteiger partial charge on any atom is -0.497 e. The highest BCUT2D eigenvalue weighted by molar-refractivity contribution is 6.01. The van der Waals surface area contributed by atoms with Crippen LogP contribution in [0.15, 0.2) is 126 Å². The Morgan fingerprint density at radius 3 is 1.94 bits per heavy atom. The lowest BCUT2D eigenvalue weighted by atomic mass is 9.80. The molecule has 47 heavy (non-hydrogen) atoms. The Morgan fingerprint density at radius 2 is 1.40 bits per heavy atom. The van der Waals surface area contributed by atoms with Gasteiger partial charge in [0.15, 0.2) is 0 Å². The fourth-order valence-corrected chi connectivity index (χ4v) is 6.14. The number of anilines is 1. The quantitative estimate of drug-likeness (QED) is 0.159. The Labute approximate surface area is 271 Å². The van der Waals surface area contributed by atoms with Crippen molar-refractivity contribution in [3.8, 4) is 11.5 Å². The molecule has 0 bridgehead atoms. The fraction of sp³-hybridized carbons (Fsp3) is 0.216. The molecular formula is C37H35N3O7. The van der Waals surface area contributed by atoms with E-state index in [0.717, 1.165) is 21.3 Å². The number of nitrogens with two attached hydrogens (primary N) is 1. The van der Waals surface area contributed by atoms with Gasteiger partial charge in [0.05, 0.1) is 26.9 Å². The predicted octanol–water partition coefficient (Wildman–Crippen LogP) is 4.54. The summed E-state index contributed by atoms with van der Waals surface area (Å²) in [7, 11) is 3.20. The van der Waals surface area contributed by atoms with Crippen LogP contribution in [0.2, 0.25) is 0 Å². The van der Waals surface area contributed by atoms with Gasteiger partial charge >= 0.3 is 5.69 Å². The number of carbonyl (C=O) groups is 1. The lowest BCUT2D eigenvalue weighted by molar-refractivity contribution is -0.122. The zero-order valence-corrected chi connectivity index (χ0v) is 26.0. The number of hydrogen-bond donors (Lipinski definition) is 2. The largest absolute Gasteiger partial charge is 0.497 e. The van der Waals surface area contributed by atoms with Gasteiger partial charge in [-0.05, 0) is 47.0 Å². The zero-order valence-electron chi connectivity index (χ0n) is 26.0. The van der Waals surface area contributed by atoms with E-state index < -0.39 is 35.0 Å². The molecule has 240 valence electrons. The van der Waals surface area contributed by atoms with E-state index in [9.17, 15) is 14.7 Å². The fourth-order valence-electron chi connectivity index (χ4n) is 6.14. The second kappa shape index (κ2) is 13.2. The molecule has 1 fully saturated rings. The predicted molar refractivity (Wildman–Crippen MR) is 175 cm³/mol. The third-order valence-electron chi connectivity index (χ3n) is 8.50. The summed E-state index contributed by atoms with van der Waals surface area (Å²) in [5.74, 6) is 0.838. The Morgan fingerprint density at radius 1 is 0.872 bits per heavy atom. The molecule has 0 saturated carbocycles. The van der Waals surface area contributed by atoms with Crippen LogP contribution in [0, 0.1) is 0 Å². The van der Waals surface area contributed by atoms with Crippen LogP contribution in [-0.2, 0) is 20.8 Å². The van der Waals surface area contributed by atoms with E-state index in [-0.39, 0.29) is 18.8 Å². The molecule has 0 amide bonds. The standard InChI is InChI=1S/C37H35N3O7/c1-44-29-17-13-27(14-18-29)37(26-11-7-4-8-12-26,28-15-19-30(45-2)20-16-28)46-24-32-31(41)23-36(47-32,34(42)25-9-5-3-6-10-25)40-22-21-33(38)39-35(40)43/h3-22,31-32,41H,23-24H2,1-2H3,(H2,38,39,43)/t31-,32+,36-/m0/s1. The highest BCUT2D eigenvalue weighted by Crippen LogP contribution is 2.44. The summed E-state index contributed by atoms with van der Waals surface area (Å²) in [6.07, 6.45) is -1.06. The number of aliphatic hydroxyl groups is 1. The second-order valence-electron chi connectivity index (χ2n) is 11.2. The first-order valence-corrected chi connectivity index (χ1v) is 15.1. The number of carbonyl (C=O) groups excluding carboxylic acids is 1. The van der Waals surface area contributed by atoms with E-state index >= 15 is 0 Å². The first kappa shape index (κ1) is 31.7. The first-order chi connectivity index (χ1) is 22.8. The lowest BCUT2D eigenvalue weighted by Gasteiger charge is -2.37. The average Bonchev–Trinajstić information content (AvgIpc) is 3.45. The van der Waals surface area contributed by atoms with Gasteiger partial charge in [-0.1, -0.05) is 84.9 Å². The molecule has 1 aromatic heterocycles. The molecule has 0 aliphatic carbocycles. The third-order valence-corrected chi connectivity index (χ3v) is 8.50. The second-order valence-corrected chi connectivity index (χ2v) is 11.2. The maximum Gasteiger partial charge on any atom is 0.352 e. The lowest BCUT2D eigenvalue weighted by Crippen LogP contribution is -2.48. The van der Waals surface area contributed by atoms with Crippen LogP contribution in [-0.4, -0.2) is 53.5 Å². The summed E-state index contributed by atoms with van der Waals surface area (Å²) in [5, 5.41) is 11.5. The number of nitrogens with zero attached hydrogens (tertiary/aromatic N) is 2. The molecular weight excluding hydrogens is 598 g/mol. The summed E-state index contributed by atoms with van der Waals surface area (Å²) in [5.41, 5.74) is 4.59. The Balaban J connectivity index is 1.44. The number of Topliss-reactive ketones (excluding diaryl/α,β-unsaturated/α-hetero) is 1. The summed E-state index contributed by atoms with van der Waals surface area (Å²) in [6.45, 7) is -0.158. The summed E-state index contributed by atoms with van der Waals surface area (Å²) < 4.78 is 25.4. The maximum absolute atomic E-state index is 14.2. The van der Waals surface area contributed by atoms with Crippen LogP contribution in [0.5, 0.6) is 11.5 Å². The van der Waals surface area contributed by atoms with Crippen molar-refractivity contribution in [2.45, 2.75) is 30.0 Å². The van der Waals surface area contributed by atoms with E-state index in [1.54, 1.807) is 44.6 Å². The minimum absolute atomic E-state index is 0.00128. The van der Waals surface area contributed by atoms with E-state index in [1.165, 1.54) is 12.3 Å². The SMILES string of the molecule is COc1ccc(C(OC[C@H]2O[C@@](C(=O)c3ccccc3)(n3ccc(N)nc3=O)C[C@@H]2O)(c2ccccc2)c2ccc(OC)cc2)cc1. The van der Waals surface area contributed by atoms with Crippen molar-refractivity contribution in [2.24, 2.45) is 0 Å². The molecule has 5 aromatic rings. The van der Waals surface area contributed by atoms with Gasteiger partial charge in [0.2, 0.25) is 11.5 Å². The summed E-state index contributed by atoms with van der Waals surface area (Å²) in [6, 6.07) is 34.7. The van der Waals surface area contributed by atoms with Crippen LogP contribution in [0.3, 0.4) is 0 Å². The Hall–Kier alpha value is -5.29. The molecule has 0 unspecified atom stereocenters. The first-order valence-electron chi connectivity index (χ1n) is 15.1. The van der Waals surface area contributed by atoms with E-state index in [1.807, 2.05) is 78.9 Å². The molecule has 4 aromatic carbocycles. The van der Waals surface area contributed by atoms with Gasteiger partial charge in [0, 0.05) is 18.2 Å². The maximum atomic E-state index is 14.2. The van der Waals surface area contributed by atoms with Crippen LogP contribution < -0.4 is 20.9 Å². The van der Waals surface area contributed by atoms with Gasteiger partial charge in [-0.2, -0.15) is 4.98 Å². The number of aliphatic hydroxyl groups excluding tert-OH is 1. The number of methoxy groups -OCH3 is 2. The van der Waals surface area contributed by atoms with Crippen LogP contribution in [0.25, 0.3) is 0 Å². The molecule has 1 saturated heterocycles. The van der Waals surface area contributed by atoms with Gasteiger partial charge in [-0.25, -0.2) is 4.79 Å². The van der Waals surface area contributed by atoms with Gasteiger partial charge in [-0.3, -0.25) is 9.36 Å². The number of aromatic nitrogens is 2. The van der Waals surface area contributed by atoms with E-state index in [4.69, 9.17) is 24.7 Å². The van der Waals surface area contributed by atoms with Crippen molar-refractivity contribution in [1.29, 1.82) is 0 Å². The molecule has 6 rings (SSSR count). The highest BCUT2D eigenvalue weighted by atomic mass is 16.6. The Bertz CT molecular complexity index is 1830. The van der Waals surface area contributed by atoms with Crippen LogP contribution in [0.4, 0.5) is 5.82 Å². The van der Waals surface area contributed by atoms with Gasteiger partial charge in [0.25, 0.3) is 0 Å². The molecule has 0 radical (unpaired) electrons. The van der Waals surface area contributed by atoms with Crippen molar-refractivity contribution < 1.29 is 28.8 Å². The van der Waals surface area contributed by atoms with Crippen LogP contribution in [0.1, 0.15) is 33.5 Å². The van der Waals surface area contributed by atoms with Gasteiger partial charge in [0.1, 0.15) is 29.0 Å². The Kier molecular flexibility index (Phi) is 8.91. The molecule has 3 atom stereocenters. The molecule has 10 heteroatoms. The number of hydrogen-bond acceptors (Lipinski definition) is 9. The third kappa shape index (κ3) is 5.90. The number of rotatable bonds is 11. The number of nitrogen functional groups attached to an aromatic ring is 1. The molecule has 1 aliphatic heterocycles. The summed E-state index contributed by atoms with van der Waals surface area (Å²) >= 11 is 0. The summed E-state index contributed by atoms with van der Waals surface area (Å²) in [4.78, 5) is 31.2. The average molecular weight is 634 g/mol. The number of ether oxygens (including phenoxy) is 4. The molecule has 0 spiro atoms. The van der Waals surface area contributed by atoms with Gasteiger partial charge in [-0.15, -0.1) is 0 Å². The van der Waals surface area contributed by atoms with E-state index in [0.29, 0.717) is 17.1 Å². The zero-order chi connectivity index (χ0) is 33.0. The van der Waals surface area contributed by atoms with Crippen molar-refractivity contribution >= 4 is 11.6 Å². The van der Waals surface area contributed by atoms with Crippen molar-refractivity contribution in [1.82, 2.24) is 9.55 Å². The number of benzene rings is 4. The van der Waals surface area contributed by atoms with Crippen molar-refractivity contribution in [3.05, 3.63) is 154 Å². The number of ketones is 1. The molecule has 2 heterocycles. The monoisotopic (exact) mass is 633 g/mol. The van der Waals surface area contributed by atoms with Crippen molar-refractivity contribution in [3.63, 3.8) is 0 Å². The normalized spacial score (nSPS) is 19.3. The van der Waals surface area contributed by atoms with Gasteiger partial charge < -0.3 is 29.8 Å². The van der Waals surface area contributed by atoms with Crippen LogP contribution >= 0.6 is 0 Å². The topological polar surface area (TPSA) is 135 Å². The van der Waals surface area contributed by atoms with Crippen molar-refractivity contribution in [2.75, 3.05) is 26.6 Å². The molecule has 3 N–H and O–H groups in total. The smallest absolute Gasteiger partial charge is 0.352 e. The van der Waals surface area contributed by atoms with E-state index in [2.05, 4.69) is 4.98 Å². The molecule has 1 aliphatic rings. The molecule has 10 nitrogen and oxygen atoms in total. The minimum atomic E-state index is -1.90.